The lowest BCUT2D eigenvalue weighted by Crippen LogP contribution is -2.21. The molecule has 1 aromatic rings. The maximum absolute atomic E-state index is 2.57. The van der Waals surface area contributed by atoms with Crippen LogP contribution in [-0.2, 0) is 17.3 Å². The highest BCUT2D eigenvalue weighted by atomic mass is 14.3. The summed E-state index contributed by atoms with van der Waals surface area (Å²) in [6.45, 7) is 18.8. The third kappa shape index (κ3) is 12.8. The zero-order chi connectivity index (χ0) is 25.5. The Kier molecular flexibility index (Phi) is 15.5. The fourth-order valence-corrected chi connectivity index (χ4v) is 5.14. The first kappa shape index (κ1) is 31.3. The fraction of sp³-hybridized carbons (Fsp3) is 0.794. The molecule has 0 N–H and O–H groups in total. The summed E-state index contributed by atoms with van der Waals surface area (Å²) in [5.74, 6) is 0. The van der Waals surface area contributed by atoms with Gasteiger partial charge >= 0.3 is 0 Å². The monoisotopic (exact) mass is 469 g/mol. The van der Waals surface area contributed by atoms with Crippen molar-refractivity contribution in [2.24, 2.45) is 0 Å². The second kappa shape index (κ2) is 16.8. The van der Waals surface area contributed by atoms with Crippen LogP contribution in [0.25, 0.3) is 0 Å². The Morgan fingerprint density at radius 3 is 1.21 bits per heavy atom. The summed E-state index contributed by atoms with van der Waals surface area (Å²) in [5.41, 5.74) is 6.47. The Morgan fingerprint density at radius 2 is 0.882 bits per heavy atom. The summed E-state index contributed by atoms with van der Waals surface area (Å²) in [6.07, 6.45) is 26.4. The molecule has 197 valence electrons. The van der Waals surface area contributed by atoms with E-state index in [1.807, 2.05) is 0 Å². The van der Waals surface area contributed by atoms with E-state index in [0.717, 1.165) is 6.42 Å². The number of benzene rings is 1. The minimum Gasteiger partial charge on any atom is -0.0654 e. The van der Waals surface area contributed by atoms with Gasteiger partial charge in [0.2, 0.25) is 0 Å². The molecule has 1 aromatic carbocycles. The lowest BCUT2D eigenvalue weighted by molar-refractivity contribution is 0.531. The van der Waals surface area contributed by atoms with Gasteiger partial charge in [0.15, 0.2) is 0 Å². The van der Waals surface area contributed by atoms with E-state index in [2.05, 4.69) is 73.9 Å². The molecule has 0 nitrogen and oxygen atoms in total. The SMILES string of the molecule is CCCCCCCCCCCCCCCCC[CH]c1c(C(C)(C)C)cc(CC)cc1C(C)(C)C. The Hall–Kier alpha value is -0.780. The van der Waals surface area contributed by atoms with Crippen molar-refractivity contribution in [2.75, 3.05) is 0 Å². The average molecular weight is 470 g/mol. The van der Waals surface area contributed by atoms with Crippen molar-refractivity contribution in [2.45, 2.75) is 175 Å². The first-order valence-electron chi connectivity index (χ1n) is 15.1. The number of hydrogen-bond acceptors (Lipinski definition) is 0. The zero-order valence-electron chi connectivity index (χ0n) is 24.8. The maximum atomic E-state index is 2.57. The van der Waals surface area contributed by atoms with E-state index in [9.17, 15) is 0 Å². The molecule has 0 aliphatic carbocycles. The van der Waals surface area contributed by atoms with Crippen LogP contribution in [0.3, 0.4) is 0 Å². The molecule has 0 aliphatic rings. The van der Waals surface area contributed by atoms with Crippen molar-refractivity contribution in [3.63, 3.8) is 0 Å². The standard InChI is InChI=1S/C34H61/c1-9-11-12-13-14-15-16-17-18-19-20-21-22-23-24-25-26-30-31(33(3,4)5)27-29(10-2)28-32(30)34(6,7)8/h26-28H,9-25H2,1-8H3. The van der Waals surface area contributed by atoms with E-state index in [4.69, 9.17) is 0 Å². The first-order chi connectivity index (χ1) is 16.1. The fourth-order valence-electron chi connectivity index (χ4n) is 5.14. The molecule has 0 aromatic heterocycles. The Balaban J connectivity index is 2.29. The van der Waals surface area contributed by atoms with Crippen molar-refractivity contribution in [1.82, 2.24) is 0 Å². The first-order valence-corrected chi connectivity index (χ1v) is 15.1. The van der Waals surface area contributed by atoms with Crippen LogP contribution in [0.15, 0.2) is 12.1 Å². The van der Waals surface area contributed by atoms with Crippen molar-refractivity contribution < 1.29 is 0 Å². The highest BCUT2D eigenvalue weighted by Gasteiger charge is 2.26. The molecule has 0 fully saturated rings. The third-order valence-corrected chi connectivity index (χ3v) is 7.42. The number of unbranched alkanes of at least 4 members (excludes halogenated alkanes) is 15. The lowest BCUT2D eigenvalue weighted by Gasteiger charge is -2.31. The van der Waals surface area contributed by atoms with E-state index in [0.29, 0.717) is 0 Å². The van der Waals surface area contributed by atoms with E-state index in [1.165, 1.54) is 125 Å². The molecule has 1 rings (SSSR count). The molecule has 0 saturated carbocycles. The van der Waals surface area contributed by atoms with Gasteiger partial charge in [-0.05, 0) is 52.3 Å². The predicted molar refractivity (Wildman–Crippen MR) is 156 cm³/mol. The van der Waals surface area contributed by atoms with Gasteiger partial charge in [-0.1, -0.05) is 164 Å². The van der Waals surface area contributed by atoms with E-state index in [1.54, 1.807) is 0 Å². The molecule has 0 unspecified atom stereocenters. The van der Waals surface area contributed by atoms with Crippen LogP contribution in [0.5, 0.6) is 0 Å². The Labute approximate surface area is 216 Å². The molecule has 34 heavy (non-hydrogen) atoms. The normalized spacial score (nSPS) is 12.5. The van der Waals surface area contributed by atoms with Crippen LogP contribution < -0.4 is 0 Å². The van der Waals surface area contributed by atoms with Crippen LogP contribution in [0.1, 0.15) is 180 Å². The molecule has 0 saturated heterocycles. The van der Waals surface area contributed by atoms with Crippen LogP contribution in [0.4, 0.5) is 0 Å². The van der Waals surface area contributed by atoms with Gasteiger partial charge in [-0.2, -0.15) is 0 Å². The maximum Gasteiger partial charge on any atom is -0.00870 e. The zero-order valence-corrected chi connectivity index (χ0v) is 24.8. The molecular weight excluding hydrogens is 408 g/mol. The lowest BCUT2D eigenvalue weighted by atomic mass is 9.74. The second-order valence-electron chi connectivity index (χ2n) is 12.9. The summed E-state index contributed by atoms with van der Waals surface area (Å²) >= 11 is 0. The van der Waals surface area contributed by atoms with E-state index < -0.39 is 0 Å². The Bertz CT molecular complexity index is 602. The molecule has 0 aliphatic heterocycles. The van der Waals surface area contributed by atoms with Gasteiger partial charge < -0.3 is 0 Å². The minimum atomic E-state index is 0.187. The van der Waals surface area contributed by atoms with Crippen LogP contribution >= 0.6 is 0 Å². The third-order valence-electron chi connectivity index (χ3n) is 7.42. The van der Waals surface area contributed by atoms with Gasteiger partial charge in [0.05, 0.1) is 0 Å². The van der Waals surface area contributed by atoms with Gasteiger partial charge in [0.1, 0.15) is 0 Å². The highest BCUT2D eigenvalue weighted by Crippen LogP contribution is 2.37. The number of hydrogen-bond donors (Lipinski definition) is 0. The molecular formula is C34H61. The van der Waals surface area contributed by atoms with Gasteiger partial charge in [0.25, 0.3) is 0 Å². The predicted octanol–water partition coefficient (Wildman–Crippen LogP) is 11.7. The minimum absolute atomic E-state index is 0.187. The highest BCUT2D eigenvalue weighted by molar-refractivity contribution is 5.49. The van der Waals surface area contributed by atoms with Gasteiger partial charge in [0, 0.05) is 0 Å². The molecule has 0 atom stereocenters. The molecule has 0 amide bonds. The van der Waals surface area contributed by atoms with Crippen LogP contribution in [-0.4, -0.2) is 0 Å². The molecule has 1 radical (unpaired) electrons. The summed E-state index contributed by atoms with van der Waals surface area (Å²) in [4.78, 5) is 0. The molecule has 0 spiro atoms. The van der Waals surface area contributed by atoms with E-state index in [-0.39, 0.29) is 10.8 Å². The average Bonchev–Trinajstić information content (AvgIpc) is 2.77. The summed E-state index contributed by atoms with van der Waals surface area (Å²) in [7, 11) is 0. The summed E-state index contributed by atoms with van der Waals surface area (Å²) in [6, 6.07) is 4.96. The largest absolute Gasteiger partial charge is 0.0654 e. The van der Waals surface area contributed by atoms with Crippen molar-refractivity contribution in [3.05, 3.63) is 40.8 Å². The molecule has 0 heterocycles. The smallest absolute Gasteiger partial charge is 0.00870 e. The second-order valence-corrected chi connectivity index (χ2v) is 12.9. The summed E-state index contributed by atoms with van der Waals surface area (Å²) < 4.78 is 0. The van der Waals surface area contributed by atoms with Crippen molar-refractivity contribution in [1.29, 1.82) is 0 Å². The van der Waals surface area contributed by atoms with Crippen molar-refractivity contribution >= 4 is 0 Å². The Morgan fingerprint density at radius 1 is 0.529 bits per heavy atom. The number of rotatable bonds is 18. The van der Waals surface area contributed by atoms with E-state index >= 15 is 0 Å². The summed E-state index contributed by atoms with van der Waals surface area (Å²) in [5, 5.41) is 0. The van der Waals surface area contributed by atoms with Gasteiger partial charge in [-0.25, -0.2) is 0 Å². The van der Waals surface area contributed by atoms with Crippen molar-refractivity contribution in [3.8, 4) is 0 Å². The van der Waals surface area contributed by atoms with Crippen LogP contribution in [0, 0.1) is 6.42 Å². The van der Waals surface area contributed by atoms with Crippen LogP contribution in [0.2, 0.25) is 0 Å². The molecule has 0 bridgehead atoms. The van der Waals surface area contributed by atoms with Gasteiger partial charge in [-0.15, -0.1) is 0 Å². The topological polar surface area (TPSA) is 0 Å². The molecule has 0 heteroatoms. The van der Waals surface area contributed by atoms with Gasteiger partial charge in [-0.3, -0.25) is 0 Å². The quantitative estimate of drug-likeness (QED) is 0.187. The number of aryl methyl sites for hydroxylation is 1.